The van der Waals surface area contributed by atoms with Crippen LogP contribution in [0, 0.1) is 0 Å². The molecule has 0 radical (unpaired) electrons. The first-order valence-electron chi connectivity index (χ1n) is 6.50. The van der Waals surface area contributed by atoms with Crippen LogP contribution >= 0.6 is 0 Å². The van der Waals surface area contributed by atoms with Gasteiger partial charge in [0.15, 0.2) is 11.5 Å². The fourth-order valence-electron chi connectivity index (χ4n) is 2.23. The number of ether oxygens (including phenoxy) is 2. The number of benzene rings is 1. The molecule has 0 spiro atoms. The predicted molar refractivity (Wildman–Crippen MR) is 71.7 cm³/mol. The van der Waals surface area contributed by atoms with Crippen molar-refractivity contribution in [1.82, 2.24) is 0 Å². The monoisotopic (exact) mass is 268 g/mol. The molecule has 0 atom stereocenters. The Balaban J connectivity index is 2.62. The summed E-state index contributed by atoms with van der Waals surface area (Å²) < 4.78 is 25.5. The SMILES string of the molecule is CC(C)(F)c1cc2c(cc1C(C)(C)CO)OCCO2. The van der Waals surface area contributed by atoms with Crippen LogP contribution in [0.1, 0.15) is 38.8 Å². The highest BCUT2D eigenvalue weighted by Gasteiger charge is 2.32. The summed E-state index contributed by atoms with van der Waals surface area (Å²) in [6.07, 6.45) is 0. The molecule has 1 heterocycles. The zero-order valence-corrected chi connectivity index (χ0v) is 11.9. The molecule has 0 aliphatic carbocycles. The van der Waals surface area contributed by atoms with Gasteiger partial charge in [-0.1, -0.05) is 13.8 Å². The van der Waals surface area contributed by atoms with Gasteiger partial charge in [-0.3, -0.25) is 0 Å². The second kappa shape index (κ2) is 4.67. The lowest BCUT2D eigenvalue weighted by Crippen LogP contribution is -2.28. The van der Waals surface area contributed by atoms with Crippen LogP contribution in [0.15, 0.2) is 12.1 Å². The Hall–Kier alpha value is -1.29. The van der Waals surface area contributed by atoms with E-state index in [1.807, 2.05) is 13.8 Å². The quantitative estimate of drug-likeness (QED) is 0.916. The van der Waals surface area contributed by atoms with Crippen LogP contribution in [0.25, 0.3) is 0 Å². The average Bonchev–Trinajstić information content (AvgIpc) is 2.36. The minimum Gasteiger partial charge on any atom is -0.486 e. The van der Waals surface area contributed by atoms with Crippen molar-refractivity contribution in [2.75, 3.05) is 19.8 Å². The predicted octanol–water partition coefficient (Wildman–Crippen LogP) is 2.93. The number of aliphatic hydroxyl groups excluding tert-OH is 1. The molecule has 0 amide bonds. The number of hydrogen-bond donors (Lipinski definition) is 1. The molecule has 1 aromatic carbocycles. The molecule has 4 heteroatoms. The fraction of sp³-hybridized carbons (Fsp3) is 0.600. The minimum absolute atomic E-state index is 0.0598. The largest absolute Gasteiger partial charge is 0.486 e. The van der Waals surface area contributed by atoms with E-state index in [2.05, 4.69) is 0 Å². The molecule has 2 rings (SSSR count). The van der Waals surface area contributed by atoms with E-state index in [1.54, 1.807) is 12.1 Å². The van der Waals surface area contributed by atoms with Gasteiger partial charge in [-0.15, -0.1) is 0 Å². The summed E-state index contributed by atoms with van der Waals surface area (Å²) in [7, 11) is 0. The first kappa shape index (κ1) is 14.1. The Morgan fingerprint density at radius 3 is 1.95 bits per heavy atom. The Bertz CT molecular complexity index is 475. The van der Waals surface area contributed by atoms with Gasteiger partial charge in [-0.25, -0.2) is 4.39 Å². The summed E-state index contributed by atoms with van der Waals surface area (Å²) in [4.78, 5) is 0. The summed E-state index contributed by atoms with van der Waals surface area (Å²) in [5, 5.41) is 9.55. The van der Waals surface area contributed by atoms with Gasteiger partial charge in [-0.2, -0.15) is 0 Å². The first-order chi connectivity index (χ1) is 8.75. The maximum absolute atomic E-state index is 14.4. The van der Waals surface area contributed by atoms with Crippen molar-refractivity contribution in [1.29, 1.82) is 0 Å². The third-order valence-electron chi connectivity index (χ3n) is 3.45. The van der Waals surface area contributed by atoms with Crippen molar-refractivity contribution in [2.24, 2.45) is 0 Å². The molecule has 1 aromatic rings. The standard InChI is InChI=1S/C15H21FO3/c1-14(2,9-17)10-7-12-13(19-6-5-18-12)8-11(10)15(3,4)16/h7-8,17H,5-6,9H2,1-4H3. The van der Waals surface area contributed by atoms with Crippen molar-refractivity contribution >= 4 is 0 Å². The Morgan fingerprint density at radius 1 is 1.05 bits per heavy atom. The molecule has 1 N–H and O–H groups in total. The maximum atomic E-state index is 14.4. The second-order valence-electron chi connectivity index (χ2n) is 6.06. The number of fused-ring (bicyclic) bond motifs is 1. The van der Waals surface area contributed by atoms with Crippen LogP contribution in [0.4, 0.5) is 4.39 Å². The van der Waals surface area contributed by atoms with Gasteiger partial charge >= 0.3 is 0 Å². The lowest BCUT2D eigenvalue weighted by molar-refractivity contribution is 0.165. The molecule has 0 fully saturated rings. The van der Waals surface area contributed by atoms with Gasteiger partial charge in [0.2, 0.25) is 0 Å². The molecule has 0 saturated carbocycles. The highest BCUT2D eigenvalue weighted by atomic mass is 19.1. The molecule has 3 nitrogen and oxygen atoms in total. The van der Waals surface area contributed by atoms with Gasteiger partial charge < -0.3 is 14.6 Å². The van der Waals surface area contributed by atoms with Crippen LogP contribution in [0.2, 0.25) is 0 Å². The second-order valence-corrected chi connectivity index (χ2v) is 6.06. The summed E-state index contributed by atoms with van der Waals surface area (Å²) in [5.74, 6) is 1.19. The van der Waals surface area contributed by atoms with Crippen molar-refractivity contribution in [2.45, 2.75) is 38.8 Å². The number of halogens is 1. The Kier molecular flexibility index (Phi) is 3.47. The number of alkyl halides is 1. The summed E-state index contributed by atoms with van der Waals surface area (Å²) in [6, 6.07) is 3.49. The molecule has 19 heavy (non-hydrogen) atoms. The lowest BCUT2D eigenvalue weighted by atomic mass is 9.78. The van der Waals surface area contributed by atoms with E-state index < -0.39 is 11.1 Å². The summed E-state index contributed by atoms with van der Waals surface area (Å²) >= 11 is 0. The van der Waals surface area contributed by atoms with Crippen molar-refractivity contribution < 1.29 is 19.0 Å². The van der Waals surface area contributed by atoms with Crippen molar-refractivity contribution in [3.63, 3.8) is 0 Å². The fourth-order valence-corrected chi connectivity index (χ4v) is 2.23. The topological polar surface area (TPSA) is 38.7 Å². The van der Waals surface area contributed by atoms with E-state index in [-0.39, 0.29) is 6.61 Å². The van der Waals surface area contributed by atoms with Crippen LogP contribution in [0.3, 0.4) is 0 Å². The maximum Gasteiger partial charge on any atom is 0.161 e. The van der Waals surface area contributed by atoms with Gasteiger partial charge in [0.1, 0.15) is 18.9 Å². The van der Waals surface area contributed by atoms with Crippen molar-refractivity contribution in [3.05, 3.63) is 23.3 Å². The molecule has 0 bridgehead atoms. The third-order valence-corrected chi connectivity index (χ3v) is 3.45. The number of aliphatic hydroxyl groups is 1. The van der Waals surface area contributed by atoms with E-state index in [0.717, 1.165) is 5.56 Å². The van der Waals surface area contributed by atoms with E-state index in [1.165, 1.54) is 13.8 Å². The van der Waals surface area contributed by atoms with Crippen LogP contribution in [-0.4, -0.2) is 24.9 Å². The van der Waals surface area contributed by atoms with E-state index in [4.69, 9.17) is 9.47 Å². The number of rotatable bonds is 3. The summed E-state index contributed by atoms with van der Waals surface area (Å²) in [5.41, 5.74) is -0.742. The minimum atomic E-state index is -1.50. The molecular weight excluding hydrogens is 247 g/mol. The number of hydrogen-bond acceptors (Lipinski definition) is 3. The first-order valence-corrected chi connectivity index (χ1v) is 6.50. The Morgan fingerprint density at radius 2 is 1.53 bits per heavy atom. The van der Waals surface area contributed by atoms with Gasteiger partial charge in [0, 0.05) is 5.41 Å². The smallest absolute Gasteiger partial charge is 0.161 e. The van der Waals surface area contributed by atoms with Crippen LogP contribution < -0.4 is 9.47 Å². The van der Waals surface area contributed by atoms with Gasteiger partial charge in [0.25, 0.3) is 0 Å². The zero-order chi connectivity index (χ0) is 14.3. The zero-order valence-electron chi connectivity index (χ0n) is 11.9. The van der Waals surface area contributed by atoms with E-state index in [9.17, 15) is 9.50 Å². The van der Waals surface area contributed by atoms with E-state index >= 15 is 0 Å². The molecule has 0 unspecified atom stereocenters. The molecule has 0 saturated heterocycles. The van der Waals surface area contributed by atoms with Crippen LogP contribution in [0.5, 0.6) is 11.5 Å². The van der Waals surface area contributed by atoms with Crippen LogP contribution in [-0.2, 0) is 11.1 Å². The normalized spacial score (nSPS) is 15.5. The van der Waals surface area contributed by atoms with Gasteiger partial charge in [0.05, 0.1) is 6.61 Å². The van der Waals surface area contributed by atoms with Gasteiger partial charge in [-0.05, 0) is 37.1 Å². The highest BCUT2D eigenvalue weighted by molar-refractivity contribution is 5.52. The Labute approximate surface area is 113 Å². The lowest BCUT2D eigenvalue weighted by Gasteiger charge is -2.31. The molecule has 1 aliphatic rings. The summed E-state index contributed by atoms with van der Waals surface area (Å²) in [6.45, 7) is 7.69. The molecule has 106 valence electrons. The molecule has 1 aliphatic heterocycles. The molecular formula is C15H21FO3. The highest BCUT2D eigenvalue weighted by Crippen LogP contribution is 2.42. The third kappa shape index (κ3) is 2.68. The molecule has 0 aromatic heterocycles. The van der Waals surface area contributed by atoms with Crippen molar-refractivity contribution in [3.8, 4) is 11.5 Å². The average molecular weight is 268 g/mol. The van der Waals surface area contributed by atoms with E-state index in [0.29, 0.717) is 30.3 Å².